The van der Waals surface area contributed by atoms with Crippen molar-refractivity contribution in [3.63, 3.8) is 0 Å². The molecular weight excluding hydrogens is 477 g/mol. The van der Waals surface area contributed by atoms with Gasteiger partial charge < -0.3 is 24.4 Å². The second kappa shape index (κ2) is 11.6. The van der Waals surface area contributed by atoms with Gasteiger partial charge >= 0.3 is 12.2 Å². The third-order valence-electron chi connectivity index (χ3n) is 8.83. The minimum Gasteiger partial charge on any atom is -0.447 e. The van der Waals surface area contributed by atoms with Crippen LogP contribution < -0.4 is 10.2 Å². The Morgan fingerprint density at radius 2 is 1.86 bits per heavy atom. The first-order valence-electron chi connectivity index (χ1n) is 13.9. The molecule has 1 saturated heterocycles. The Kier molecular flexibility index (Phi) is 8.19. The van der Waals surface area contributed by atoms with Crippen LogP contribution in [0.25, 0.3) is 0 Å². The smallest absolute Gasteiger partial charge is 0.414 e. The number of nitrogens with zero attached hydrogens (tertiary/aromatic N) is 2. The predicted octanol–water partition coefficient (Wildman–Crippen LogP) is 4.74. The van der Waals surface area contributed by atoms with E-state index in [1.807, 2.05) is 0 Å². The second-order valence-electron chi connectivity index (χ2n) is 11.1. The van der Waals surface area contributed by atoms with Gasteiger partial charge in [-0.1, -0.05) is 12.8 Å². The van der Waals surface area contributed by atoms with E-state index >= 15 is 0 Å². The molecule has 3 fully saturated rings. The van der Waals surface area contributed by atoms with E-state index in [1.54, 1.807) is 24.1 Å². The maximum absolute atomic E-state index is 14.4. The highest BCUT2D eigenvalue weighted by molar-refractivity contribution is 5.91. The zero-order chi connectivity index (χ0) is 25.8. The minimum atomic E-state index is -0.376. The van der Waals surface area contributed by atoms with Crippen LogP contribution in [0.15, 0.2) is 18.2 Å². The molecule has 0 radical (unpaired) electrons. The topological polar surface area (TPSA) is 80.3 Å². The molecule has 2 saturated carbocycles. The number of likely N-dealkylation sites (tertiary alicyclic amines) is 1. The number of amides is 2. The first-order valence-corrected chi connectivity index (χ1v) is 13.9. The summed E-state index contributed by atoms with van der Waals surface area (Å²) in [5, 5.41) is 3.05. The van der Waals surface area contributed by atoms with Crippen LogP contribution in [0.2, 0.25) is 0 Å². The molecule has 5 rings (SSSR count). The van der Waals surface area contributed by atoms with Crippen LogP contribution in [-0.2, 0) is 19.6 Å². The third-order valence-corrected chi connectivity index (χ3v) is 8.83. The van der Waals surface area contributed by atoms with Gasteiger partial charge in [-0.2, -0.15) is 0 Å². The first-order chi connectivity index (χ1) is 18.0. The maximum Gasteiger partial charge on any atom is 0.414 e. The predicted molar refractivity (Wildman–Crippen MR) is 137 cm³/mol. The first kappa shape index (κ1) is 26.2. The Morgan fingerprint density at radius 1 is 1.08 bits per heavy atom. The number of carbonyl (C=O) groups excluding carboxylic acids is 2. The van der Waals surface area contributed by atoms with E-state index in [4.69, 9.17) is 14.2 Å². The summed E-state index contributed by atoms with van der Waals surface area (Å²) >= 11 is 0. The lowest BCUT2D eigenvalue weighted by Crippen LogP contribution is -2.50. The number of fused-ring (bicyclic) bond motifs is 2. The number of hydrogen-bond acceptors (Lipinski definition) is 6. The van der Waals surface area contributed by atoms with Crippen molar-refractivity contribution < 1.29 is 28.2 Å². The molecule has 1 aromatic carbocycles. The van der Waals surface area contributed by atoms with Crippen molar-refractivity contribution in [1.29, 1.82) is 0 Å². The van der Waals surface area contributed by atoms with Gasteiger partial charge in [0.25, 0.3) is 0 Å². The Balaban J connectivity index is 1.22. The molecule has 9 heteroatoms. The van der Waals surface area contributed by atoms with Crippen molar-refractivity contribution in [2.45, 2.75) is 87.8 Å². The van der Waals surface area contributed by atoms with Crippen molar-refractivity contribution in [2.75, 3.05) is 44.9 Å². The lowest BCUT2D eigenvalue weighted by molar-refractivity contribution is 0.0558. The lowest BCUT2D eigenvalue weighted by Gasteiger charge is -2.43. The van der Waals surface area contributed by atoms with Gasteiger partial charge in [0.05, 0.1) is 12.3 Å². The Morgan fingerprint density at radius 3 is 2.59 bits per heavy atom. The van der Waals surface area contributed by atoms with Crippen LogP contribution in [-0.4, -0.2) is 75.2 Å². The summed E-state index contributed by atoms with van der Waals surface area (Å²) < 4.78 is 30.3. The number of methoxy groups -OCH3 is 1. The fourth-order valence-electron chi connectivity index (χ4n) is 6.47. The maximum atomic E-state index is 14.4. The number of carbonyl (C=O) groups is 2. The number of ether oxygens (including phenoxy) is 3. The van der Waals surface area contributed by atoms with Gasteiger partial charge in [-0.15, -0.1) is 0 Å². The summed E-state index contributed by atoms with van der Waals surface area (Å²) in [4.78, 5) is 29.5. The van der Waals surface area contributed by atoms with E-state index in [9.17, 15) is 14.0 Å². The Bertz CT molecular complexity index is 963. The van der Waals surface area contributed by atoms with E-state index in [0.29, 0.717) is 19.2 Å². The van der Waals surface area contributed by atoms with E-state index in [2.05, 4.69) is 10.2 Å². The van der Waals surface area contributed by atoms with Gasteiger partial charge in [0.2, 0.25) is 0 Å². The fraction of sp³-hybridized carbons (Fsp3) is 0.714. The molecule has 0 bridgehead atoms. The molecule has 2 aliphatic carbocycles. The summed E-state index contributed by atoms with van der Waals surface area (Å²) in [5.41, 5.74) is 1.49. The molecule has 2 unspecified atom stereocenters. The number of alkyl carbamates (subject to hydrolysis) is 1. The molecular formula is C28H40FN3O5. The molecule has 2 amide bonds. The quantitative estimate of drug-likeness (QED) is 0.434. The highest BCUT2D eigenvalue weighted by atomic mass is 19.1. The van der Waals surface area contributed by atoms with Crippen molar-refractivity contribution in [2.24, 2.45) is 0 Å². The molecule has 2 heterocycles. The summed E-state index contributed by atoms with van der Waals surface area (Å²) in [6.07, 6.45) is 9.22. The second-order valence-corrected chi connectivity index (χ2v) is 11.1. The number of hydrogen-bond donors (Lipinski definition) is 1. The summed E-state index contributed by atoms with van der Waals surface area (Å²) in [7, 11) is 1.58. The van der Waals surface area contributed by atoms with Crippen LogP contribution >= 0.6 is 0 Å². The monoisotopic (exact) mass is 517 g/mol. The van der Waals surface area contributed by atoms with Gasteiger partial charge in [0, 0.05) is 31.2 Å². The molecule has 0 aromatic heterocycles. The number of piperidine rings is 1. The number of rotatable bonds is 6. The SMILES string of the molecule is COCCOC(=O)NC1CCCCC(N2CCC3(CC2)CN(C(=O)OC2CCC2)c2ccc(F)cc23)C1. The zero-order valence-corrected chi connectivity index (χ0v) is 21.9. The third kappa shape index (κ3) is 5.87. The molecule has 1 aromatic rings. The summed E-state index contributed by atoms with van der Waals surface area (Å²) in [5.74, 6) is -0.259. The van der Waals surface area contributed by atoms with Crippen LogP contribution in [0.5, 0.6) is 0 Å². The normalized spacial score (nSPS) is 25.7. The van der Waals surface area contributed by atoms with Crippen molar-refractivity contribution in [1.82, 2.24) is 10.2 Å². The summed E-state index contributed by atoms with van der Waals surface area (Å²) in [6, 6.07) is 5.28. The standard InChI is InChI=1S/C28H40FN3O5/c1-35-15-16-36-26(33)30-21-5-2-3-6-22(18-21)31-13-11-28(12-14-31)19-32(27(34)37-23-7-4-8-23)25-10-9-20(29)17-24(25)28/h9-10,17,21-23H,2-8,11-16,18-19H2,1H3,(H,30,33). The number of halogens is 1. The Hall–Kier alpha value is -2.39. The summed E-state index contributed by atoms with van der Waals surface area (Å²) in [6.45, 7) is 2.96. The molecule has 204 valence electrons. The van der Waals surface area contributed by atoms with E-state index in [-0.39, 0.29) is 42.2 Å². The average molecular weight is 518 g/mol. The largest absolute Gasteiger partial charge is 0.447 e. The van der Waals surface area contributed by atoms with Gasteiger partial charge in [-0.25, -0.2) is 14.0 Å². The Labute approximate surface area is 218 Å². The van der Waals surface area contributed by atoms with Crippen LogP contribution in [0, 0.1) is 5.82 Å². The average Bonchev–Trinajstić information content (AvgIpc) is 3.00. The highest BCUT2D eigenvalue weighted by Gasteiger charge is 2.48. The minimum absolute atomic E-state index is 0.0175. The number of nitrogens with one attached hydrogen (secondary N) is 1. The molecule has 2 aliphatic heterocycles. The molecule has 1 N–H and O–H groups in total. The zero-order valence-electron chi connectivity index (χ0n) is 21.9. The van der Waals surface area contributed by atoms with Gasteiger partial charge in [0.1, 0.15) is 18.5 Å². The van der Waals surface area contributed by atoms with Crippen molar-refractivity contribution >= 4 is 17.9 Å². The number of benzene rings is 1. The van der Waals surface area contributed by atoms with Crippen LogP contribution in [0.3, 0.4) is 0 Å². The molecule has 1 spiro atoms. The van der Waals surface area contributed by atoms with E-state index < -0.39 is 0 Å². The molecule has 8 nitrogen and oxygen atoms in total. The van der Waals surface area contributed by atoms with E-state index in [1.165, 1.54) is 6.07 Å². The fourth-order valence-corrected chi connectivity index (χ4v) is 6.47. The molecule has 4 aliphatic rings. The van der Waals surface area contributed by atoms with Crippen LogP contribution in [0.4, 0.5) is 19.7 Å². The number of anilines is 1. The van der Waals surface area contributed by atoms with Gasteiger partial charge in [-0.3, -0.25) is 4.90 Å². The van der Waals surface area contributed by atoms with Crippen molar-refractivity contribution in [3.8, 4) is 0 Å². The van der Waals surface area contributed by atoms with Gasteiger partial charge in [0.15, 0.2) is 0 Å². The molecule has 2 atom stereocenters. The van der Waals surface area contributed by atoms with Crippen LogP contribution in [0.1, 0.15) is 69.8 Å². The highest BCUT2D eigenvalue weighted by Crippen LogP contribution is 2.48. The van der Waals surface area contributed by atoms with E-state index in [0.717, 1.165) is 88.5 Å². The van der Waals surface area contributed by atoms with Crippen molar-refractivity contribution in [3.05, 3.63) is 29.6 Å². The molecule has 37 heavy (non-hydrogen) atoms. The lowest BCUT2D eigenvalue weighted by atomic mass is 9.74. The van der Waals surface area contributed by atoms with Gasteiger partial charge in [-0.05, 0) is 88.2 Å².